The number of nitrogens with one attached hydrogen (secondary N) is 1. The number of benzene rings is 2. The molecule has 22 heavy (non-hydrogen) atoms. The van der Waals surface area contributed by atoms with Gasteiger partial charge in [-0.1, -0.05) is 42.5 Å². The molecular formula is C18H19N3O. The van der Waals surface area contributed by atoms with E-state index in [1.54, 1.807) is 0 Å². The third-order valence-corrected chi connectivity index (χ3v) is 4.51. The van der Waals surface area contributed by atoms with Crippen molar-refractivity contribution in [3.8, 4) is 11.1 Å². The molecule has 0 radical (unpaired) electrons. The lowest BCUT2D eigenvalue weighted by Gasteiger charge is -2.28. The second-order valence-electron chi connectivity index (χ2n) is 5.86. The van der Waals surface area contributed by atoms with Crippen LogP contribution in [0.25, 0.3) is 11.1 Å². The van der Waals surface area contributed by atoms with Crippen molar-refractivity contribution in [1.29, 1.82) is 0 Å². The lowest BCUT2D eigenvalue weighted by Crippen LogP contribution is -2.49. The molecule has 4 nitrogen and oxygen atoms in total. The molecule has 2 aromatic carbocycles. The average Bonchev–Trinajstić information content (AvgIpc) is 2.93. The van der Waals surface area contributed by atoms with Crippen molar-refractivity contribution in [3.05, 3.63) is 54.6 Å². The second kappa shape index (κ2) is 5.46. The molecule has 1 N–H and O–H groups in total. The van der Waals surface area contributed by atoms with Crippen LogP contribution >= 0.6 is 0 Å². The van der Waals surface area contributed by atoms with Crippen LogP contribution in [0.5, 0.6) is 0 Å². The molecule has 112 valence electrons. The van der Waals surface area contributed by atoms with E-state index in [0.29, 0.717) is 6.04 Å². The molecule has 0 aliphatic carbocycles. The van der Waals surface area contributed by atoms with Gasteiger partial charge in [0.1, 0.15) is 0 Å². The molecule has 2 fully saturated rings. The van der Waals surface area contributed by atoms with Gasteiger partial charge in [0.2, 0.25) is 0 Å². The Morgan fingerprint density at radius 3 is 2.41 bits per heavy atom. The van der Waals surface area contributed by atoms with Crippen LogP contribution in [0.1, 0.15) is 0 Å². The zero-order valence-corrected chi connectivity index (χ0v) is 12.4. The monoisotopic (exact) mass is 293 g/mol. The lowest BCUT2D eigenvalue weighted by atomic mass is 10.1. The van der Waals surface area contributed by atoms with Crippen molar-refractivity contribution >= 4 is 11.7 Å². The highest BCUT2D eigenvalue weighted by molar-refractivity contribution is 5.95. The first-order chi connectivity index (χ1) is 10.8. The predicted molar refractivity (Wildman–Crippen MR) is 88.0 cm³/mol. The van der Waals surface area contributed by atoms with Crippen molar-refractivity contribution in [1.82, 2.24) is 10.2 Å². The van der Waals surface area contributed by atoms with Gasteiger partial charge in [-0.15, -0.1) is 0 Å². The summed E-state index contributed by atoms with van der Waals surface area (Å²) in [5.74, 6) is 0. The van der Waals surface area contributed by atoms with E-state index in [2.05, 4.69) is 29.6 Å². The molecule has 0 bridgehead atoms. The summed E-state index contributed by atoms with van der Waals surface area (Å²) in [5.41, 5.74) is 3.36. The fraction of sp³-hybridized carbons (Fsp3) is 0.278. The van der Waals surface area contributed by atoms with Crippen LogP contribution < -0.4 is 10.2 Å². The quantitative estimate of drug-likeness (QED) is 0.923. The predicted octanol–water partition coefficient (Wildman–Crippen LogP) is 2.57. The minimum atomic E-state index is 0.138. The van der Waals surface area contributed by atoms with Crippen LogP contribution in [-0.2, 0) is 0 Å². The summed E-state index contributed by atoms with van der Waals surface area (Å²) in [4.78, 5) is 16.4. The van der Waals surface area contributed by atoms with Crippen LogP contribution in [0.2, 0.25) is 0 Å². The van der Waals surface area contributed by atoms with Gasteiger partial charge in [-0.25, -0.2) is 4.79 Å². The van der Waals surface area contributed by atoms with Crippen LogP contribution in [-0.4, -0.2) is 43.2 Å². The Balaban J connectivity index is 1.57. The van der Waals surface area contributed by atoms with Crippen LogP contribution in [0, 0.1) is 0 Å². The molecule has 2 aliphatic rings. The number of nitrogens with zero attached hydrogens (tertiary/aromatic N) is 2. The highest BCUT2D eigenvalue weighted by Crippen LogP contribution is 2.27. The molecule has 2 aromatic rings. The van der Waals surface area contributed by atoms with E-state index in [0.717, 1.165) is 31.9 Å². The molecule has 2 heterocycles. The topological polar surface area (TPSA) is 35.6 Å². The largest absolute Gasteiger partial charge is 0.324 e. The minimum absolute atomic E-state index is 0.138. The van der Waals surface area contributed by atoms with Crippen molar-refractivity contribution in [2.45, 2.75) is 6.04 Å². The minimum Gasteiger partial charge on any atom is -0.317 e. The summed E-state index contributed by atoms with van der Waals surface area (Å²) in [6.45, 7) is 3.37. The van der Waals surface area contributed by atoms with Gasteiger partial charge in [-0.2, -0.15) is 0 Å². The number of hydrogen-bond donors (Lipinski definition) is 1. The highest BCUT2D eigenvalue weighted by Gasteiger charge is 2.38. The van der Waals surface area contributed by atoms with E-state index in [9.17, 15) is 4.79 Å². The summed E-state index contributed by atoms with van der Waals surface area (Å²) >= 11 is 0. The molecule has 1 atom stereocenters. The molecule has 4 heteroatoms. The normalized spacial score (nSPS) is 21.1. The van der Waals surface area contributed by atoms with Crippen molar-refractivity contribution in [2.75, 3.05) is 31.1 Å². The smallest absolute Gasteiger partial charge is 0.317 e. The zero-order chi connectivity index (χ0) is 14.9. The standard InChI is InChI=1S/C18H19N3O/c22-18-20-11-10-19-12-17(20)13-21(18)16-8-6-15(7-9-16)14-4-2-1-3-5-14/h1-9,17,19H,10-13H2. The Labute approximate surface area is 130 Å². The van der Waals surface area contributed by atoms with Gasteiger partial charge >= 0.3 is 6.03 Å². The van der Waals surface area contributed by atoms with Crippen molar-refractivity contribution < 1.29 is 4.79 Å². The zero-order valence-electron chi connectivity index (χ0n) is 12.4. The first-order valence-corrected chi connectivity index (χ1v) is 7.77. The Morgan fingerprint density at radius 2 is 1.68 bits per heavy atom. The van der Waals surface area contributed by atoms with Crippen LogP contribution in [0.15, 0.2) is 54.6 Å². The van der Waals surface area contributed by atoms with Crippen molar-refractivity contribution in [2.24, 2.45) is 0 Å². The highest BCUT2D eigenvalue weighted by atomic mass is 16.2. The maximum atomic E-state index is 12.5. The summed E-state index contributed by atoms with van der Waals surface area (Å²) in [5, 5.41) is 3.36. The molecule has 2 saturated heterocycles. The van der Waals surface area contributed by atoms with Gasteiger partial charge in [-0.3, -0.25) is 4.90 Å². The first kappa shape index (κ1) is 13.3. The summed E-state index contributed by atoms with van der Waals surface area (Å²) in [6, 6.07) is 19.0. The fourth-order valence-electron chi connectivity index (χ4n) is 3.30. The van der Waals surface area contributed by atoms with Crippen molar-refractivity contribution in [3.63, 3.8) is 0 Å². The van der Waals surface area contributed by atoms with Gasteiger partial charge in [0.15, 0.2) is 0 Å². The van der Waals surface area contributed by atoms with Crippen LogP contribution in [0.4, 0.5) is 10.5 Å². The summed E-state index contributed by atoms with van der Waals surface area (Å²) in [7, 11) is 0. The number of anilines is 1. The SMILES string of the molecule is O=C1N(c2ccc(-c3ccccc3)cc2)CC2CNCCN12. The number of carbonyl (C=O) groups excluding carboxylic acids is 1. The molecular weight excluding hydrogens is 274 g/mol. The van der Waals surface area contributed by atoms with E-state index in [4.69, 9.17) is 0 Å². The molecule has 0 aromatic heterocycles. The molecule has 2 amide bonds. The number of fused-ring (bicyclic) bond motifs is 1. The molecule has 0 spiro atoms. The Morgan fingerprint density at radius 1 is 0.955 bits per heavy atom. The maximum Gasteiger partial charge on any atom is 0.324 e. The molecule has 2 aliphatic heterocycles. The van der Waals surface area contributed by atoms with E-state index < -0.39 is 0 Å². The average molecular weight is 293 g/mol. The van der Waals surface area contributed by atoms with Gasteiger partial charge in [0.25, 0.3) is 0 Å². The Kier molecular flexibility index (Phi) is 3.31. The van der Waals surface area contributed by atoms with E-state index in [-0.39, 0.29) is 6.03 Å². The maximum absolute atomic E-state index is 12.5. The Bertz CT molecular complexity index is 668. The Hall–Kier alpha value is -2.33. The summed E-state index contributed by atoms with van der Waals surface area (Å²) < 4.78 is 0. The van der Waals surface area contributed by atoms with Gasteiger partial charge in [0, 0.05) is 31.9 Å². The number of hydrogen-bond acceptors (Lipinski definition) is 2. The first-order valence-electron chi connectivity index (χ1n) is 7.77. The number of carbonyl (C=O) groups is 1. The number of piperazine rings is 1. The number of urea groups is 1. The van der Waals surface area contributed by atoms with Gasteiger partial charge in [-0.05, 0) is 23.3 Å². The van der Waals surface area contributed by atoms with E-state index >= 15 is 0 Å². The number of rotatable bonds is 2. The van der Waals surface area contributed by atoms with Crippen LogP contribution in [0.3, 0.4) is 0 Å². The molecule has 0 saturated carbocycles. The van der Waals surface area contributed by atoms with E-state index in [1.165, 1.54) is 11.1 Å². The fourth-order valence-corrected chi connectivity index (χ4v) is 3.30. The van der Waals surface area contributed by atoms with Gasteiger partial charge < -0.3 is 10.2 Å². The lowest BCUT2D eigenvalue weighted by molar-refractivity contribution is 0.193. The third kappa shape index (κ3) is 2.25. The molecule has 1 unspecified atom stereocenters. The van der Waals surface area contributed by atoms with Gasteiger partial charge in [0.05, 0.1) is 6.04 Å². The summed E-state index contributed by atoms with van der Waals surface area (Å²) in [6.07, 6.45) is 0. The second-order valence-corrected chi connectivity index (χ2v) is 5.86. The number of amides is 2. The molecule has 4 rings (SSSR count). The van der Waals surface area contributed by atoms with E-state index in [1.807, 2.05) is 40.1 Å². The third-order valence-electron chi connectivity index (χ3n) is 4.51.